The molecule has 1 aromatic heterocycles. The number of hydrogen-bond acceptors (Lipinski definition) is 5. The minimum atomic E-state index is -4.14. The second kappa shape index (κ2) is 8.16. The van der Waals surface area contributed by atoms with Crippen LogP contribution < -0.4 is 14.2 Å². The average molecular weight is 442 g/mol. The summed E-state index contributed by atoms with van der Waals surface area (Å²) in [5.74, 6) is 0.334. The van der Waals surface area contributed by atoms with Gasteiger partial charge in [0.05, 0.1) is 24.8 Å². The van der Waals surface area contributed by atoms with E-state index in [9.17, 15) is 13.2 Å². The molecule has 1 amide bonds. The molecule has 1 aliphatic heterocycles. The van der Waals surface area contributed by atoms with Gasteiger partial charge in [0.2, 0.25) is 0 Å². The van der Waals surface area contributed by atoms with Crippen molar-refractivity contribution in [2.75, 3.05) is 32.0 Å². The van der Waals surface area contributed by atoms with E-state index in [2.05, 4.69) is 9.71 Å². The van der Waals surface area contributed by atoms with Gasteiger partial charge in [-0.2, -0.15) is 0 Å². The fourth-order valence-corrected chi connectivity index (χ4v) is 5.40. The highest BCUT2D eigenvalue weighted by Gasteiger charge is 2.33. The Balaban J connectivity index is 2.06. The van der Waals surface area contributed by atoms with Crippen LogP contribution in [0.25, 0.3) is 0 Å². The van der Waals surface area contributed by atoms with Crippen molar-refractivity contribution in [3.8, 4) is 11.5 Å². The van der Waals surface area contributed by atoms with Crippen LogP contribution in [0.5, 0.6) is 11.5 Å². The molecule has 0 radical (unpaired) electrons. The standard InChI is InChI=1S/C19H24ClN3O5S/c1-11-16(19(24)23-7-5-6-8-23)18(12(2)21-11)29(25,26)22-17-14(20)9-13(27-3)10-15(17)28-4/h9-10,21-22H,5-8H2,1-4H3. The fraction of sp³-hybridized carbons (Fsp3) is 0.421. The third kappa shape index (κ3) is 4.02. The Bertz CT molecular complexity index is 1040. The van der Waals surface area contributed by atoms with Gasteiger partial charge in [-0.25, -0.2) is 8.42 Å². The third-order valence-electron chi connectivity index (χ3n) is 4.91. The summed E-state index contributed by atoms with van der Waals surface area (Å²) in [6.07, 6.45) is 1.82. The maximum atomic E-state index is 13.3. The molecule has 1 fully saturated rings. The van der Waals surface area contributed by atoms with E-state index in [1.165, 1.54) is 26.4 Å². The third-order valence-corrected chi connectivity index (χ3v) is 6.73. The zero-order valence-corrected chi connectivity index (χ0v) is 18.3. The zero-order valence-electron chi connectivity index (χ0n) is 16.8. The van der Waals surface area contributed by atoms with E-state index in [1.54, 1.807) is 18.7 Å². The second-order valence-corrected chi connectivity index (χ2v) is 8.90. The number of H-pyrrole nitrogens is 1. The molecule has 3 rings (SSSR count). The number of hydrogen-bond donors (Lipinski definition) is 2. The van der Waals surface area contributed by atoms with E-state index in [4.69, 9.17) is 21.1 Å². The monoisotopic (exact) mass is 441 g/mol. The number of nitrogens with one attached hydrogen (secondary N) is 2. The molecule has 0 bridgehead atoms. The van der Waals surface area contributed by atoms with Crippen molar-refractivity contribution in [2.24, 2.45) is 0 Å². The summed E-state index contributed by atoms with van der Waals surface area (Å²) in [5.41, 5.74) is 1.11. The maximum absolute atomic E-state index is 13.3. The lowest BCUT2D eigenvalue weighted by atomic mass is 10.2. The van der Waals surface area contributed by atoms with E-state index in [0.717, 1.165) is 12.8 Å². The smallest absolute Gasteiger partial charge is 0.264 e. The average Bonchev–Trinajstić information content (AvgIpc) is 3.30. The summed E-state index contributed by atoms with van der Waals surface area (Å²) in [6, 6.07) is 3.00. The van der Waals surface area contributed by atoms with E-state index in [-0.39, 0.29) is 32.8 Å². The van der Waals surface area contributed by atoms with Gasteiger partial charge in [-0.1, -0.05) is 11.6 Å². The molecular formula is C19H24ClN3O5S. The topological polar surface area (TPSA) is 101 Å². The molecule has 1 saturated heterocycles. The van der Waals surface area contributed by atoms with Crippen LogP contribution >= 0.6 is 11.6 Å². The molecule has 2 heterocycles. The minimum absolute atomic E-state index is 0.0767. The quantitative estimate of drug-likeness (QED) is 0.716. The molecule has 29 heavy (non-hydrogen) atoms. The number of amides is 1. The number of likely N-dealkylation sites (tertiary alicyclic amines) is 1. The number of anilines is 1. The Labute approximate surface area is 175 Å². The molecule has 1 aliphatic rings. The Morgan fingerprint density at radius 2 is 1.79 bits per heavy atom. The highest BCUT2D eigenvalue weighted by Crippen LogP contribution is 2.39. The number of carbonyl (C=O) groups is 1. The van der Waals surface area contributed by atoms with Crippen molar-refractivity contribution in [3.05, 3.63) is 34.1 Å². The van der Waals surface area contributed by atoms with Crippen LogP contribution in [0.15, 0.2) is 17.0 Å². The van der Waals surface area contributed by atoms with Gasteiger partial charge in [0.25, 0.3) is 15.9 Å². The van der Waals surface area contributed by atoms with Crippen LogP contribution in [-0.4, -0.2) is 51.5 Å². The SMILES string of the molecule is COc1cc(Cl)c(NS(=O)(=O)c2c(C)[nH]c(C)c2C(=O)N2CCCC2)c(OC)c1. The summed E-state index contributed by atoms with van der Waals surface area (Å²) >= 11 is 6.27. The highest BCUT2D eigenvalue weighted by atomic mass is 35.5. The van der Waals surface area contributed by atoms with E-state index in [1.807, 2.05) is 0 Å². The van der Waals surface area contributed by atoms with Crippen LogP contribution in [0.2, 0.25) is 5.02 Å². The molecule has 158 valence electrons. The first-order valence-electron chi connectivity index (χ1n) is 9.12. The van der Waals surface area contributed by atoms with Crippen molar-refractivity contribution in [2.45, 2.75) is 31.6 Å². The molecule has 0 spiro atoms. The minimum Gasteiger partial charge on any atom is -0.497 e. The van der Waals surface area contributed by atoms with Gasteiger partial charge in [0.1, 0.15) is 22.1 Å². The number of rotatable bonds is 6. The Hall–Kier alpha value is -2.39. The van der Waals surface area contributed by atoms with Gasteiger partial charge in [-0.3, -0.25) is 9.52 Å². The van der Waals surface area contributed by atoms with Crippen molar-refractivity contribution < 1.29 is 22.7 Å². The Kier molecular flexibility index (Phi) is 6.00. The number of nitrogens with zero attached hydrogens (tertiary/aromatic N) is 1. The number of sulfonamides is 1. The number of aryl methyl sites for hydroxylation is 2. The maximum Gasteiger partial charge on any atom is 0.264 e. The predicted octanol–water partition coefficient (Wildman–Crippen LogP) is 3.34. The normalized spacial score (nSPS) is 14.2. The van der Waals surface area contributed by atoms with Gasteiger partial charge in [-0.15, -0.1) is 0 Å². The van der Waals surface area contributed by atoms with Crippen LogP contribution in [0.1, 0.15) is 34.6 Å². The van der Waals surface area contributed by atoms with Crippen LogP contribution in [-0.2, 0) is 10.0 Å². The summed E-state index contributed by atoms with van der Waals surface area (Å²) in [6.45, 7) is 4.55. The molecule has 2 aromatic rings. The van der Waals surface area contributed by atoms with E-state index in [0.29, 0.717) is 30.2 Å². The molecule has 2 N–H and O–H groups in total. The van der Waals surface area contributed by atoms with Crippen molar-refractivity contribution in [1.82, 2.24) is 9.88 Å². The zero-order chi connectivity index (χ0) is 21.3. The predicted molar refractivity (Wildman–Crippen MR) is 111 cm³/mol. The molecule has 1 aromatic carbocycles. The Morgan fingerprint density at radius 1 is 1.14 bits per heavy atom. The molecule has 8 nitrogen and oxygen atoms in total. The van der Waals surface area contributed by atoms with Crippen molar-refractivity contribution in [3.63, 3.8) is 0 Å². The number of aromatic nitrogens is 1. The Morgan fingerprint density at radius 3 is 2.38 bits per heavy atom. The molecule has 0 unspecified atom stereocenters. The van der Waals surface area contributed by atoms with Gasteiger partial charge in [-0.05, 0) is 26.7 Å². The summed E-state index contributed by atoms with van der Waals surface area (Å²) < 4.78 is 39.5. The van der Waals surface area contributed by atoms with Gasteiger partial charge in [0.15, 0.2) is 0 Å². The number of carbonyl (C=O) groups excluding carboxylic acids is 1. The molecule has 0 saturated carbocycles. The lowest BCUT2D eigenvalue weighted by molar-refractivity contribution is 0.0788. The summed E-state index contributed by atoms with van der Waals surface area (Å²) in [4.78, 5) is 17.6. The number of ether oxygens (including phenoxy) is 2. The van der Waals surface area contributed by atoms with Gasteiger partial charge < -0.3 is 19.4 Å². The number of methoxy groups -OCH3 is 2. The first-order chi connectivity index (χ1) is 13.7. The fourth-order valence-electron chi connectivity index (χ4n) is 3.55. The first kappa shape index (κ1) is 21.3. The van der Waals surface area contributed by atoms with Crippen molar-refractivity contribution in [1.29, 1.82) is 0 Å². The molecular weight excluding hydrogens is 418 g/mol. The second-order valence-electron chi connectivity index (χ2n) is 6.87. The van der Waals surface area contributed by atoms with Crippen LogP contribution in [0, 0.1) is 13.8 Å². The molecule has 0 atom stereocenters. The molecule has 10 heteroatoms. The number of benzene rings is 1. The molecule has 0 aliphatic carbocycles. The van der Waals surface area contributed by atoms with E-state index >= 15 is 0 Å². The van der Waals surface area contributed by atoms with Crippen molar-refractivity contribution >= 4 is 33.2 Å². The number of halogens is 1. The summed E-state index contributed by atoms with van der Waals surface area (Å²) in [5, 5.41) is 0.113. The first-order valence-corrected chi connectivity index (χ1v) is 11.0. The van der Waals surface area contributed by atoms with Crippen LogP contribution in [0.3, 0.4) is 0 Å². The lowest BCUT2D eigenvalue weighted by Crippen LogP contribution is -2.30. The van der Waals surface area contributed by atoms with E-state index < -0.39 is 10.0 Å². The lowest BCUT2D eigenvalue weighted by Gasteiger charge is -2.18. The van der Waals surface area contributed by atoms with Gasteiger partial charge in [0, 0.05) is 36.6 Å². The summed E-state index contributed by atoms with van der Waals surface area (Å²) in [7, 11) is -1.27. The van der Waals surface area contributed by atoms with Gasteiger partial charge >= 0.3 is 0 Å². The highest BCUT2D eigenvalue weighted by molar-refractivity contribution is 7.92. The number of aromatic amines is 1. The largest absolute Gasteiger partial charge is 0.497 e. The van der Waals surface area contributed by atoms with Crippen LogP contribution in [0.4, 0.5) is 5.69 Å².